The molecule has 0 atom stereocenters. The molecule has 0 aliphatic carbocycles. The van der Waals surface area contributed by atoms with Crippen LogP contribution in [-0.4, -0.2) is 0 Å². The van der Waals surface area contributed by atoms with Gasteiger partial charge in [0, 0.05) is 43.8 Å². The summed E-state index contributed by atoms with van der Waals surface area (Å²) < 4.78 is 12.4. The highest BCUT2D eigenvalue weighted by Gasteiger charge is 2.22. The molecule has 54 heavy (non-hydrogen) atoms. The van der Waals surface area contributed by atoms with Crippen molar-refractivity contribution in [1.82, 2.24) is 0 Å². The van der Waals surface area contributed by atoms with Crippen LogP contribution in [0.25, 0.3) is 99.5 Å². The minimum absolute atomic E-state index is 0.487. The van der Waals surface area contributed by atoms with Crippen LogP contribution in [0.3, 0.4) is 0 Å². The van der Waals surface area contributed by atoms with Crippen molar-refractivity contribution in [3.63, 3.8) is 0 Å². The fraction of sp³-hybridized carbons (Fsp3) is 0. The van der Waals surface area contributed by atoms with Crippen molar-refractivity contribution in [2.24, 2.45) is 0 Å². The normalized spacial score (nSPS) is 11.3. The molecule has 4 heteroatoms. The van der Waals surface area contributed by atoms with Gasteiger partial charge in [-0.15, -0.1) is 0 Å². The number of rotatable bonds is 5. The Bertz CT molecular complexity index is 3170. The van der Waals surface area contributed by atoms with Gasteiger partial charge < -0.3 is 8.83 Å². The topological polar surface area (TPSA) is 73.9 Å². The van der Waals surface area contributed by atoms with Gasteiger partial charge in [-0.2, -0.15) is 10.5 Å². The molecule has 2 heterocycles. The van der Waals surface area contributed by atoms with Crippen molar-refractivity contribution in [2.45, 2.75) is 0 Å². The van der Waals surface area contributed by atoms with Gasteiger partial charge in [-0.25, -0.2) is 0 Å². The third kappa shape index (κ3) is 5.06. The molecule has 4 nitrogen and oxygen atoms in total. The van der Waals surface area contributed by atoms with Crippen LogP contribution in [-0.2, 0) is 0 Å². The summed E-state index contributed by atoms with van der Waals surface area (Å²) in [5, 5.41) is 26.1. The molecular formula is C50H28N2O2. The molecule has 0 fully saturated rings. The van der Waals surface area contributed by atoms with Crippen LogP contribution < -0.4 is 0 Å². The van der Waals surface area contributed by atoms with Crippen molar-refractivity contribution < 1.29 is 8.83 Å². The second-order valence-electron chi connectivity index (χ2n) is 13.5. The smallest absolute Gasteiger partial charge is 0.135 e. The predicted octanol–water partition coefficient (Wildman–Crippen LogP) is 13.6. The summed E-state index contributed by atoms with van der Waals surface area (Å²) in [5.41, 5.74) is 12.8. The van der Waals surface area contributed by atoms with Gasteiger partial charge in [0.05, 0.1) is 11.1 Å². The fourth-order valence-corrected chi connectivity index (χ4v) is 7.79. The van der Waals surface area contributed by atoms with Crippen molar-refractivity contribution in [3.05, 3.63) is 181 Å². The predicted molar refractivity (Wildman–Crippen MR) is 218 cm³/mol. The Hall–Kier alpha value is -7.66. The average molecular weight is 689 g/mol. The van der Waals surface area contributed by atoms with Crippen LogP contribution in [0, 0.1) is 22.7 Å². The summed E-state index contributed by atoms with van der Waals surface area (Å²) >= 11 is 0. The van der Waals surface area contributed by atoms with Gasteiger partial charge >= 0.3 is 0 Å². The van der Waals surface area contributed by atoms with Crippen molar-refractivity contribution in [1.29, 1.82) is 10.5 Å². The first-order valence-corrected chi connectivity index (χ1v) is 17.8. The molecule has 0 amide bonds. The standard InChI is InChI=1S/C50H28N2O2/c51-29-45-39(32-13-5-2-6-14-32)25-35(31-11-3-1-4-12-31)27-41(45)42-28-36(33-19-21-49-43(23-33)37-15-7-9-17-47(37)53-49)26-40(46(42)30-52)34-20-22-50-44(24-34)38-16-8-10-18-48(38)54-50/h1-28H. The Morgan fingerprint density at radius 2 is 0.704 bits per heavy atom. The Morgan fingerprint density at radius 3 is 1.26 bits per heavy atom. The number of benzene rings is 8. The Labute approximate surface area is 311 Å². The number of hydrogen-bond acceptors (Lipinski definition) is 4. The summed E-state index contributed by atoms with van der Waals surface area (Å²) in [4.78, 5) is 0. The van der Waals surface area contributed by atoms with E-state index in [9.17, 15) is 10.5 Å². The molecule has 0 N–H and O–H groups in total. The highest BCUT2D eigenvalue weighted by Crippen LogP contribution is 2.44. The Morgan fingerprint density at radius 1 is 0.296 bits per heavy atom. The molecule has 8 aromatic carbocycles. The molecule has 0 unspecified atom stereocenters. The molecular weight excluding hydrogens is 661 g/mol. The number of furan rings is 2. The lowest BCUT2D eigenvalue weighted by Gasteiger charge is -2.18. The average Bonchev–Trinajstić information content (AvgIpc) is 3.81. The van der Waals surface area contributed by atoms with Crippen molar-refractivity contribution in [3.8, 4) is 67.8 Å². The molecule has 0 bridgehead atoms. The summed E-state index contributed by atoms with van der Waals surface area (Å²) in [6.07, 6.45) is 0. The van der Waals surface area contributed by atoms with E-state index in [1.807, 2.05) is 103 Å². The molecule has 10 rings (SSSR count). The third-order valence-corrected chi connectivity index (χ3v) is 10.4. The lowest BCUT2D eigenvalue weighted by molar-refractivity contribution is 0.668. The number of fused-ring (bicyclic) bond motifs is 6. The number of nitriles is 2. The van der Waals surface area contributed by atoms with Gasteiger partial charge in [-0.05, 0) is 94.0 Å². The first kappa shape index (κ1) is 31.1. The maximum atomic E-state index is 11.1. The van der Waals surface area contributed by atoms with Gasteiger partial charge in [0.1, 0.15) is 34.5 Å². The van der Waals surface area contributed by atoms with Crippen molar-refractivity contribution in [2.75, 3.05) is 0 Å². The van der Waals surface area contributed by atoms with E-state index in [2.05, 4.69) is 78.9 Å². The van der Waals surface area contributed by atoms with Crippen LogP contribution >= 0.6 is 0 Å². The molecule has 0 aliphatic rings. The first-order chi connectivity index (χ1) is 26.7. The molecule has 0 spiro atoms. The third-order valence-electron chi connectivity index (χ3n) is 10.4. The maximum absolute atomic E-state index is 11.1. The first-order valence-electron chi connectivity index (χ1n) is 17.8. The minimum atomic E-state index is 0.487. The van der Waals surface area contributed by atoms with Crippen molar-refractivity contribution >= 4 is 43.9 Å². The van der Waals surface area contributed by atoms with Gasteiger partial charge in [-0.1, -0.05) is 109 Å². The second-order valence-corrected chi connectivity index (χ2v) is 13.5. The lowest BCUT2D eigenvalue weighted by atomic mass is 9.83. The Kier molecular flexibility index (Phi) is 7.22. The quantitative estimate of drug-likeness (QED) is 0.180. The zero-order valence-electron chi connectivity index (χ0n) is 28.9. The summed E-state index contributed by atoms with van der Waals surface area (Å²) in [5.74, 6) is 0. The number of para-hydroxylation sites is 2. The van der Waals surface area contributed by atoms with E-state index in [1.165, 1.54) is 0 Å². The van der Waals surface area contributed by atoms with Crippen LogP contribution in [0.5, 0.6) is 0 Å². The molecule has 2 aromatic heterocycles. The summed E-state index contributed by atoms with van der Waals surface area (Å²) in [7, 11) is 0. The Balaban J connectivity index is 1.30. The highest BCUT2D eigenvalue weighted by atomic mass is 16.3. The zero-order chi connectivity index (χ0) is 36.2. The summed E-state index contributed by atoms with van der Waals surface area (Å²) in [6.45, 7) is 0. The fourth-order valence-electron chi connectivity index (χ4n) is 7.79. The van der Waals surface area contributed by atoms with E-state index < -0.39 is 0 Å². The molecule has 0 saturated carbocycles. The molecule has 250 valence electrons. The summed E-state index contributed by atoms with van der Waals surface area (Å²) in [6, 6.07) is 62.0. The SMILES string of the molecule is N#Cc1c(-c2ccccc2)cc(-c2ccccc2)cc1-c1cc(-c2ccc3oc4ccccc4c3c2)cc(-c2ccc3oc4ccccc4c3c2)c1C#N. The largest absolute Gasteiger partial charge is 0.456 e. The number of hydrogen-bond donors (Lipinski definition) is 0. The molecule has 10 aromatic rings. The molecule has 0 aliphatic heterocycles. The lowest BCUT2D eigenvalue weighted by Crippen LogP contribution is -1.97. The van der Waals surface area contributed by atoms with Gasteiger partial charge in [0.2, 0.25) is 0 Å². The van der Waals surface area contributed by atoms with E-state index in [4.69, 9.17) is 8.83 Å². The van der Waals surface area contributed by atoms with E-state index in [-0.39, 0.29) is 0 Å². The maximum Gasteiger partial charge on any atom is 0.135 e. The van der Waals surface area contributed by atoms with Crippen LogP contribution in [0.2, 0.25) is 0 Å². The van der Waals surface area contributed by atoms with Crippen LogP contribution in [0.15, 0.2) is 179 Å². The van der Waals surface area contributed by atoms with E-state index in [1.54, 1.807) is 0 Å². The zero-order valence-corrected chi connectivity index (χ0v) is 28.9. The van der Waals surface area contributed by atoms with Crippen LogP contribution in [0.4, 0.5) is 0 Å². The second kappa shape index (κ2) is 12.5. The van der Waals surface area contributed by atoms with Crippen LogP contribution in [0.1, 0.15) is 11.1 Å². The molecule has 0 radical (unpaired) electrons. The van der Waals surface area contributed by atoms with Gasteiger partial charge in [0.15, 0.2) is 0 Å². The van der Waals surface area contributed by atoms with E-state index >= 15 is 0 Å². The monoisotopic (exact) mass is 688 g/mol. The van der Waals surface area contributed by atoms with E-state index in [0.717, 1.165) is 88.4 Å². The number of nitrogens with zero attached hydrogens (tertiary/aromatic N) is 2. The molecule has 0 saturated heterocycles. The van der Waals surface area contributed by atoms with Gasteiger partial charge in [0.25, 0.3) is 0 Å². The van der Waals surface area contributed by atoms with E-state index in [0.29, 0.717) is 22.3 Å². The van der Waals surface area contributed by atoms with Gasteiger partial charge in [-0.3, -0.25) is 0 Å². The minimum Gasteiger partial charge on any atom is -0.456 e. The highest BCUT2D eigenvalue weighted by molar-refractivity contribution is 6.08.